The molecule has 1 saturated heterocycles. The number of hydrogen-bond acceptors (Lipinski definition) is 5. The summed E-state index contributed by atoms with van der Waals surface area (Å²) in [6.07, 6.45) is 0. The Kier molecular flexibility index (Phi) is 5.08. The van der Waals surface area contributed by atoms with Crippen LogP contribution < -0.4 is 9.64 Å². The Morgan fingerprint density at radius 3 is 2.44 bits per heavy atom. The summed E-state index contributed by atoms with van der Waals surface area (Å²) in [4.78, 5) is 4.68. The molecule has 0 N–H and O–H groups in total. The molecule has 0 amide bonds. The summed E-state index contributed by atoms with van der Waals surface area (Å²) in [5, 5.41) is 0. The molecule has 2 aliphatic rings. The van der Waals surface area contributed by atoms with Crippen molar-refractivity contribution in [2.75, 3.05) is 51.3 Å². The van der Waals surface area contributed by atoms with Crippen molar-refractivity contribution in [1.29, 1.82) is 0 Å². The Morgan fingerprint density at radius 2 is 1.70 bits per heavy atom. The molecule has 144 valence electrons. The molecule has 0 spiro atoms. The molecule has 6 nitrogen and oxygen atoms in total. The topological polar surface area (TPSA) is 53.1 Å². The first-order valence-corrected chi connectivity index (χ1v) is 10.7. The van der Waals surface area contributed by atoms with Crippen LogP contribution in [0.3, 0.4) is 0 Å². The van der Waals surface area contributed by atoms with Crippen LogP contribution in [0.2, 0.25) is 0 Å². The molecule has 1 fully saturated rings. The lowest BCUT2D eigenvalue weighted by atomic mass is 10.2. The van der Waals surface area contributed by atoms with E-state index in [4.69, 9.17) is 4.74 Å². The molecular weight excluding hydrogens is 362 g/mol. The minimum atomic E-state index is -3.49. The average molecular weight is 388 g/mol. The number of anilines is 1. The molecule has 4 rings (SSSR count). The molecule has 2 aliphatic heterocycles. The number of likely N-dealkylation sites (N-methyl/N-ethyl adjacent to an activating group) is 1. The molecule has 0 atom stereocenters. The minimum Gasteiger partial charge on any atom is -0.490 e. The van der Waals surface area contributed by atoms with Gasteiger partial charge in [0.25, 0.3) is 0 Å². The molecule has 2 heterocycles. The zero-order valence-electron chi connectivity index (χ0n) is 15.5. The number of nitrogens with zero attached hydrogens (tertiary/aromatic N) is 3. The van der Waals surface area contributed by atoms with Crippen LogP contribution in [0.5, 0.6) is 5.75 Å². The van der Waals surface area contributed by atoms with Gasteiger partial charge in [0.05, 0.1) is 17.1 Å². The van der Waals surface area contributed by atoms with E-state index in [9.17, 15) is 8.42 Å². The van der Waals surface area contributed by atoms with Crippen LogP contribution in [0.15, 0.2) is 53.4 Å². The number of hydrogen-bond donors (Lipinski definition) is 0. The van der Waals surface area contributed by atoms with E-state index < -0.39 is 10.0 Å². The molecule has 27 heavy (non-hydrogen) atoms. The quantitative estimate of drug-likeness (QED) is 0.803. The Morgan fingerprint density at radius 1 is 0.963 bits per heavy atom. The number of fused-ring (bicyclic) bond motifs is 1. The Labute approximate surface area is 161 Å². The van der Waals surface area contributed by atoms with Crippen LogP contribution in [0.4, 0.5) is 5.69 Å². The molecule has 0 radical (unpaired) electrons. The largest absolute Gasteiger partial charge is 0.490 e. The van der Waals surface area contributed by atoms with Gasteiger partial charge in [-0.2, -0.15) is 4.31 Å². The van der Waals surface area contributed by atoms with Crippen LogP contribution in [0.25, 0.3) is 0 Å². The predicted molar refractivity (Wildman–Crippen MR) is 106 cm³/mol. The highest BCUT2D eigenvalue weighted by molar-refractivity contribution is 7.89. The van der Waals surface area contributed by atoms with Crippen LogP contribution >= 0.6 is 0 Å². The standard InChI is InChI=1S/C20H25N3O3S/c1-21-13-14-26-20-8-7-18(15-19(20)21)27(24,25)23-11-9-22(10-12-23)16-17-5-3-2-4-6-17/h2-8,15H,9-14,16H2,1H3. The van der Waals surface area contributed by atoms with Gasteiger partial charge in [0, 0.05) is 39.8 Å². The first-order valence-electron chi connectivity index (χ1n) is 9.28. The number of sulfonamides is 1. The van der Waals surface area contributed by atoms with E-state index >= 15 is 0 Å². The molecule has 7 heteroatoms. The van der Waals surface area contributed by atoms with Gasteiger partial charge in [-0.05, 0) is 23.8 Å². The second-order valence-corrected chi connectivity index (χ2v) is 9.00. The van der Waals surface area contributed by atoms with Gasteiger partial charge in [0.15, 0.2) is 0 Å². The third kappa shape index (κ3) is 3.81. The van der Waals surface area contributed by atoms with Gasteiger partial charge >= 0.3 is 0 Å². The van der Waals surface area contributed by atoms with Gasteiger partial charge in [-0.25, -0.2) is 8.42 Å². The highest BCUT2D eigenvalue weighted by Gasteiger charge is 2.29. The van der Waals surface area contributed by atoms with Gasteiger partial charge in [0.1, 0.15) is 12.4 Å². The molecule has 0 aliphatic carbocycles. The van der Waals surface area contributed by atoms with Gasteiger partial charge in [-0.1, -0.05) is 30.3 Å². The first kappa shape index (κ1) is 18.3. The van der Waals surface area contributed by atoms with Gasteiger partial charge in [-0.15, -0.1) is 0 Å². The fourth-order valence-electron chi connectivity index (χ4n) is 3.61. The maximum Gasteiger partial charge on any atom is 0.243 e. The van der Waals surface area contributed by atoms with Crippen LogP contribution in [-0.4, -0.2) is 64.0 Å². The van der Waals surface area contributed by atoms with Crippen LogP contribution in [0, 0.1) is 0 Å². The Hall–Kier alpha value is -2.09. The summed E-state index contributed by atoms with van der Waals surface area (Å²) >= 11 is 0. The van der Waals surface area contributed by atoms with E-state index in [0.717, 1.165) is 37.6 Å². The predicted octanol–water partition coefficient (Wildman–Crippen LogP) is 2.02. The van der Waals surface area contributed by atoms with Crippen molar-refractivity contribution in [3.8, 4) is 5.75 Å². The maximum atomic E-state index is 13.1. The summed E-state index contributed by atoms with van der Waals surface area (Å²) in [6.45, 7) is 4.74. The van der Waals surface area contributed by atoms with Crippen molar-refractivity contribution in [3.63, 3.8) is 0 Å². The summed E-state index contributed by atoms with van der Waals surface area (Å²) in [5.74, 6) is 0.746. The third-order valence-corrected chi connectivity index (χ3v) is 7.14. The zero-order valence-corrected chi connectivity index (χ0v) is 16.4. The average Bonchev–Trinajstić information content (AvgIpc) is 2.69. The van der Waals surface area contributed by atoms with Crippen LogP contribution in [-0.2, 0) is 16.6 Å². The van der Waals surface area contributed by atoms with Gasteiger partial charge in [-0.3, -0.25) is 4.90 Å². The summed E-state index contributed by atoms with van der Waals surface area (Å²) in [7, 11) is -1.53. The van der Waals surface area contributed by atoms with Crippen molar-refractivity contribution in [2.45, 2.75) is 11.4 Å². The number of piperazine rings is 1. The fraction of sp³-hybridized carbons (Fsp3) is 0.400. The third-order valence-electron chi connectivity index (χ3n) is 5.24. The fourth-order valence-corrected chi connectivity index (χ4v) is 5.05. The molecule has 2 aromatic rings. The summed E-state index contributed by atoms with van der Waals surface area (Å²) < 4.78 is 33.4. The second kappa shape index (κ2) is 7.50. The first-order chi connectivity index (χ1) is 13.0. The van der Waals surface area contributed by atoms with E-state index in [1.54, 1.807) is 22.5 Å². The lowest BCUT2D eigenvalue weighted by molar-refractivity contribution is 0.181. The van der Waals surface area contributed by atoms with E-state index in [-0.39, 0.29) is 0 Å². The van der Waals surface area contributed by atoms with Crippen molar-refractivity contribution < 1.29 is 13.2 Å². The monoisotopic (exact) mass is 387 g/mol. The number of benzene rings is 2. The summed E-state index contributed by atoms with van der Waals surface area (Å²) in [5.41, 5.74) is 2.09. The maximum absolute atomic E-state index is 13.1. The smallest absolute Gasteiger partial charge is 0.243 e. The number of rotatable bonds is 4. The molecule has 0 unspecified atom stereocenters. The van der Waals surface area contributed by atoms with Crippen molar-refractivity contribution in [2.24, 2.45) is 0 Å². The van der Waals surface area contributed by atoms with E-state index in [0.29, 0.717) is 24.6 Å². The van der Waals surface area contributed by atoms with E-state index in [1.807, 2.05) is 30.1 Å². The highest BCUT2D eigenvalue weighted by Crippen LogP contribution is 2.33. The van der Waals surface area contributed by atoms with E-state index in [2.05, 4.69) is 17.0 Å². The lowest BCUT2D eigenvalue weighted by Crippen LogP contribution is -2.48. The van der Waals surface area contributed by atoms with Crippen molar-refractivity contribution >= 4 is 15.7 Å². The Bertz CT molecular complexity index is 894. The van der Waals surface area contributed by atoms with Crippen LogP contribution in [0.1, 0.15) is 5.56 Å². The summed E-state index contributed by atoms with van der Waals surface area (Å²) in [6, 6.07) is 15.5. The Balaban J connectivity index is 1.45. The lowest BCUT2D eigenvalue weighted by Gasteiger charge is -2.34. The molecule has 0 bridgehead atoms. The van der Waals surface area contributed by atoms with E-state index in [1.165, 1.54) is 5.56 Å². The zero-order chi connectivity index (χ0) is 18.9. The van der Waals surface area contributed by atoms with Gasteiger partial charge < -0.3 is 9.64 Å². The minimum absolute atomic E-state index is 0.343. The molecule has 0 saturated carbocycles. The SMILES string of the molecule is CN1CCOc2ccc(S(=O)(=O)N3CCN(Cc4ccccc4)CC3)cc21. The number of ether oxygens (including phenoxy) is 1. The van der Waals surface area contributed by atoms with Gasteiger partial charge in [0.2, 0.25) is 10.0 Å². The molecule has 0 aromatic heterocycles. The highest BCUT2D eigenvalue weighted by atomic mass is 32.2. The normalized spacial score (nSPS) is 18.8. The second-order valence-electron chi connectivity index (χ2n) is 7.07. The van der Waals surface area contributed by atoms with Crippen molar-refractivity contribution in [3.05, 3.63) is 54.1 Å². The van der Waals surface area contributed by atoms with Crippen molar-refractivity contribution in [1.82, 2.24) is 9.21 Å². The molecule has 2 aromatic carbocycles. The molecular formula is C20H25N3O3S.